The molecule has 2 atom stereocenters. The van der Waals surface area contributed by atoms with E-state index in [1.807, 2.05) is 6.92 Å². The van der Waals surface area contributed by atoms with E-state index in [0.29, 0.717) is 29.2 Å². The van der Waals surface area contributed by atoms with Crippen molar-refractivity contribution in [3.05, 3.63) is 38.5 Å². The van der Waals surface area contributed by atoms with E-state index in [-0.39, 0.29) is 5.91 Å². The molecule has 2 fully saturated rings. The van der Waals surface area contributed by atoms with Gasteiger partial charge in [0, 0.05) is 29.0 Å². The van der Waals surface area contributed by atoms with Gasteiger partial charge in [-0.2, -0.15) is 0 Å². The van der Waals surface area contributed by atoms with E-state index in [2.05, 4.69) is 33.8 Å². The molecule has 2 aromatic rings. The van der Waals surface area contributed by atoms with Crippen LogP contribution in [0.4, 0.5) is 5.13 Å². The molecule has 0 bridgehead atoms. The number of hydrogen-bond acceptors (Lipinski definition) is 8. The normalized spacial score (nSPS) is 19.5. The Morgan fingerprint density at radius 2 is 1.81 bits per heavy atom. The average Bonchev–Trinajstić information content (AvgIpc) is 3.60. The summed E-state index contributed by atoms with van der Waals surface area (Å²) in [6.07, 6.45) is 5.08. The lowest BCUT2D eigenvalue weighted by Gasteiger charge is -2.02. The number of aromatic nitrogens is 2. The first-order chi connectivity index (χ1) is 14.7. The van der Waals surface area contributed by atoms with Crippen molar-refractivity contribution in [2.45, 2.75) is 45.1 Å². The molecule has 0 radical (unpaired) electrons. The topological polar surface area (TPSA) is 142 Å². The number of aliphatic carboxylic acids is 2. The van der Waals surface area contributed by atoms with Crippen LogP contribution >= 0.6 is 22.7 Å². The molecule has 1 amide bonds. The van der Waals surface area contributed by atoms with Crippen LogP contribution in [0.3, 0.4) is 0 Å². The highest BCUT2D eigenvalue weighted by molar-refractivity contribution is 7.16. The second-order valence-electron chi connectivity index (χ2n) is 7.51. The number of hydrogen-bond donors (Lipinski definition) is 4. The van der Waals surface area contributed by atoms with E-state index in [4.69, 9.17) is 10.2 Å². The number of carboxylic acids is 2. The predicted molar refractivity (Wildman–Crippen MR) is 118 cm³/mol. The Morgan fingerprint density at radius 1 is 1.13 bits per heavy atom. The summed E-state index contributed by atoms with van der Waals surface area (Å²) >= 11 is 2.97. The molecule has 11 heteroatoms. The van der Waals surface area contributed by atoms with Crippen molar-refractivity contribution in [1.82, 2.24) is 15.5 Å². The van der Waals surface area contributed by atoms with Crippen LogP contribution in [-0.2, 0) is 9.59 Å². The number of aryl methyl sites for hydroxylation is 2. The van der Waals surface area contributed by atoms with Crippen molar-refractivity contribution in [3.63, 3.8) is 0 Å². The van der Waals surface area contributed by atoms with Crippen LogP contribution in [0.15, 0.2) is 18.2 Å². The van der Waals surface area contributed by atoms with Gasteiger partial charge in [-0.1, -0.05) is 11.3 Å². The molecule has 4 rings (SSSR count). The highest BCUT2D eigenvalue weighted by atomic mass is 32.1. The molecule has 0 unspecified atom stereocenters. The minimum Gasteiger partial charge on any atom is -0.478 e. The minimum absolute atomic E-state index is 0.0800. The van der Waals surface area contributed by atoms with E-state index in [1.54, 1.807) is 11.3 Å². The van der Waals surface area contributed by atoms with Gasteiger partial charge in [-0.3, -0.25) is 10.1 Å². The summed E-state index contributed by atoms with van der Waals surface area (Å²) in [6.45, 7) is 5.15. The third-order valence-corrected chi connectivity index (χ3v) is 6.67. The molecule has 0 saturated heterocycles. The van der Waals surface area contributed by atoms with Crippen LogP contribution in [0.1, 0.15) is 50.3 Å². The van der Waals surface area contributed by atoms with Gasteiger partial charge in [0.05, 0.1) is 4.88 Å². The molecule has 2 aliphatic carbocycles. The second kappa shape index (κ2) is 10.1. The van der Waals surface area contributed by atoms with Crippen molar-refractivity contribution in [3.8, 4) is 0 Å². The highest BCUT2D eigenvalue weighted by Crippen LogP contribution is 2.45. The smallest absolute Gasteiger partial charge is 0.328 e. The predicted octanol–water partition coefficient (Wildman–Crippen LogP) is 3.04. The fourth-order valence-corrected chi connectivity index (χ4v) is 4.60. The quantitative estimate of drug-likeness (QED) is 0.437. The summed E-state index contributed by atoms with van der Waals surface area (Å²) in [7, 11) is 0. The lowest BCUT2D eigenvalue weighted by molar-refractivity contribution is -0.134. The van der Waals surface area contributed by atoms with Crippen molar-refractivity contribution in [2.24, 2.45) is 5.92 Å². The van der Waals surface area contributed by atoms with E-state index in [1.165, 1.54) is 41.0 Å². The lowest BCUT2D eigenvalue weighted by Crippen LogP contribution is -2.20. The summed E-state index contributed by atoms with van der Waals surface area (Å²) < 4.78 is 0. The maximum atomic E-state index is 12.4. The monoisotopic (exact) mass is 464 g/mol. The Hall–Kier alpha value is -2.63. The number of carbonyl (C=O) groups is 3. The van der Waals surface area contributed by atoms with E-state index >= 15 is 0 Å². The van der Waals surface area contributed by atoms with Crippen LogP contribution in [-0.4, -0.2) is 50.8 Å². The van der Waals surface area contributed by atoms with Gasteiger partial charge in [-0.15, -0.1) is 21.5 Å². The van der Waals surface area contributed by atoms with Gasteiger partial charge in [0.25, 0.3) is 5.91 Å². The molecule has 2 heterocycles. The molecule has 4 N–H and O–H groups in total. The molecule has 0 aliphatic heterocycles. The van der Waals surface area contributed by atoms with Gasteiger partial charge >= 0.3 is 11.9 Å². The molecule has 31 heavy (non-hydrogen) atoms. The SMILES string of the molecule is Cc1nnc(NC(=O)c2cc([C@@H]3C[C@H]3NCC3CC3)c(C)s2)s1.O=C(O)/C=C/C(=O)O. The number of rotatable bonds is 8. The Morgan fingerprint density at radius 3 is 2.35 bits per heavy atom. The van der Waals surface area contributed by atoms with Gasteiger partial charge in [0.1, 0.15) is 5.01 Å². The van der Waals surface area contributed by atoms with Gasteiger partial charge in [0.2, 0.25) is 5.13 Å². The zero-order valence-corrected chi connectivity index (χ0v) is 18.8. The summed E-state index contributed by atoms with van der Waals surface area (Å²) in [5.74, 6) is -1.10. The summed E-state index contributed by atoms with van der Waals surface area (Å²) in [5, 5.41) is 31.4. The summed E-state index contributed by atoms with van der Waals surface area (Å²) in [4.78, 5) is 33.5. The zero-order valence-electron chi connectivity index (χ0n) is 17.1. The summed E-state index contributed by atoms with van der Waals surface area (Å²) in [6, 6.07) is 2.66. The maximum absolute atomic E-state index is 12.4. The molecular weight excluding hydrogens is 440 g/mol. The van der Waals surface area contributed by atoms with Crippen LogP contribution in [0, 0.1) is 19.8 Å². The van der Waals surface area contributed by atoms with E-state index in [9.17, 15) is 14.4 Å². The van der Waals surface area contributed by atoms with E-state index in [0.717, 1.165) is 22.3 Å². The first-order valence-corrected chi connectivity index (χ1v) is 11.4. The van der Waals surface area contributed by atoms with Gasteiger partial charge in [-0.05, 0) is 57.2 Å². The minimum atomic E-state index is -1.26. The molecular formula is C20H24N4O5S2. The molecule has 0 aromatic carbocycles. The number of amides is 1. The molecule has 2 saturated carbocycles. The van der Waals surface area contributed by atoms with Crippen molar-refractivity contribution in [2.75, 3.05) is 11.9 Å². The number of carboxylic acid groups (broad SMARTS) is 2. The zero-order chi connectivity index (χ0) is 22.5. The second-order valence-corrected chi connectivity index (χ2v) is 9.95. The molecule has 2 aliphatic rings. The van der Waals surface area contributed by atoms with Gasteiger partial charge < -0.3 is 15.5 Å². The maximum Gasteiger partial charge on any atom is 0.328 e. The fraction of sp³-hybridized carbons (Fsp3) is 0.450. The number of carbonyl (C=O) groups excluding carboxylic acids is 1. The largest absolute Gasteiger partial charge is 0.478 e. The number of anilines is 1. The van der Waals surface area contributed by atoms with Crippen LogP contribution in [0.5, 0.6) is 0 Å². The Bertz CT molecular complexity index is 980. The van der Waals surface area contributed by atoms with Crippen LogP contribution < -0.4 is 10.6 Å². The Kier molecular flexibility index (Phi) is 7.52. The molecule has 2 aromatic heterocycles. The van der Waals surface area contributed by atoms with Gasteiger partial charge in [0.15, 0.2) is 0 Å². The van der Waals surface area contributed by atoms with Crippen molar-refractivity contribution >= 4 is 45.7 Å². The average molecular weight is 465 g/mol. The number of nitrogens with zero attached hydrogens (tertiary/aromatic N) is 2. The standard InChI is InChI=1S/C16H20N4OS2.C4H4O4/c1-8-11(12-5-13(12)17-7-10-3-4-10)6-14(22-8)15(21)18-16-20-19-9(2)23-16;5-3(6)1-2-4(7)8/h6,10,12-13,17H,3-5,7H2,1-2H3,(H,18,20,21);1-2H,(H,5,6)(H,7,8)/b;2-1+/t12-,13+;/m0./s1. The third-order valence-electron chi connectivity index (χ3n) is 4.85. The molecule has 9 nitrogen and oxygen atoms in total. The van der Waals surface area contributed by atoms with Crippen molar-refractivity contribution in [1.29, 1.82) is 0 Å². The molecule has 166 valence electrons. The Labute approximate surface area is 187 Å². The third kappa shape index (κ3) is 7.23. The molecule has 0 spiro atoms. The number of nitrogens with one attached hydrogen (secondary N) is 2. The highest BCUT2D eigenvalue weighted by Gasteiger charge is 2.40. The van der Waals surface area contributed by atoms with E-state index < -0.39 is 11.9 Å². The first kappa shape index (κ1) is 23.0. The van der Waals surface area contributed by atoms with Crippen LogP contribution in [0.25, 0.3) is 0 Å². The summed E-state index contributed by atoms with van der Waals surface area (Å²) in [5.41, 5.74) is 1.34. The van der Waals surface area contributed by atoms with Crippen LogP contribution in [0.2, 0.25) is 0 Å². The first-order valence-electron chi connectivity index (χ1n) is 9.82. The fourth-order valence-electron chi connectivity index (χ4n) is 3.03. The van der Waals surface area contributed by atoms with Crippen molar-refractivity contribution < 1.29 is 24.6 Å². The van der Waals surface area contributed by atoms with Gasteiger partial charge in [-0.25, -0.2) is 9.59 Å². The Balaban J connectivity index is 0.000000293. The lowest BCUT2D eigenvalue weighted by atomic mass is 10.1. The number of thiophene rings is 1.